The van der Waals surface area contributed by atoms with E-state index >= 15 is 0 Å². The minimum atomic E-state index is 0.359. The van der Waals surface area contributed by atoms with Gasteiger partial charge < -0.3 is 14.9 Å². The van der Waals surface area contributed by atoms with E-state index in [1.165, 1.54) is 12.8 Å². The number of rotatable bonds is 4. The maximum atomic E-state index is 5.61. The van der Waals surface area contributed by atoms with Crippen LogP contribution in [0, 0.1) is 0 Å². The zero-order chi connectivity index (χ0) is 13.7. The van der Waals surface area contributed by atoms with Crippen molar-refractivity contribution in [3.63, 3.8) is 0 Å². The Hall–Kier alpha value is -1.75. The predicted molar refractivity (Wildman–Crippen MR) is 75.7 cm³/mol. The molecule has 5 heteroatoms. The molecule has 1 saturated carbocycles. The Bertz CT molecular complexity index is 454. The minimum Gasteiger partial charge on any atom is -0.497 e. The van der Waals surface area contributed by atoms with Gasteiger partial charge >= 0.3 is 0 Å². The van der Waals surface area contributed by atoms with Gasteiger partial charge in [0, 0.05) is 6.07 Å². The SMILES string of the molecule is COc1ccc(C(=NC2CCCC2)NN)c(OC)c1. The van der Waals surface area contributed by atoms with Gasteiger partial charge in [-0.15, -0.1) is 0 Å². The number of benzene rings is 1. The number of ether oxygens (including phenoxy) is 2. The second-order valence-corrected chi connectivity index (χ2v) is 4.63. The molecule has 2 rings (SSSR count). The molecule has 5 nitrogen and oxygen atoms in total. The van der Waals surface area contributed by atoms with Crippen LogP contribution in [0.4, 0.5) is 0 Å². The van der Waals surface area contributed by atoms with Crippen molar-refractivity contribution in [3.8, 4) is 11.5 Å². The summed E-state index contributed by atoms with van der Waals surface area (Å²) in [4.78, 5) is 4.69. The molecule has 0 amide bonds. The molecule has 1 aromatic rings. The number of nitrogens with two attached hydrogens (primary N) is 1. The molecular weight excluding hydrogens is 242 g/mol. The third-order valence-corrected chi connectivity index (χ3v) is 3.44. The van der Waals surface area contributed by atoms with E-state index in [0.717, 1.165) is 24.2 Å². The molecule has 19 heavy (non-hydrogen) atoms. The van der Waals surface area contributed by atoms with E-state index in [4.69, 9.17) is 15.3 Å². The second-order valence-electron chi connectivity index (χ2n) is 4.63. The monoisotopic (exact) mass is 263 g/mol. The molecule has 0 unspecified atom stereocenters. The van der Waals surface area contributed by atoms with Crippen LogP contribution in [0.15, 0.2) is 23.2 Å². The Kier molecular flexibility index (Phi) is 4.63. The average molecular weight is 263 g/mol. The standard InChI is InChI=1S/C14H21N3O2/c1-18-11-7-8-12(13(9-11)19-2)14(17-15)16-10-5-3-4-6-10/h7-10H,3-6,15H2,1-2H3,(H,16,17). The first-order valence-corrected chi connectivity index (χ1v) is 6.55. The summed E-state index contributed by atoms with van der Waals surface area (Å²) in [6.45, 7) is 0. The first-order chi connectivity index (χ1) is 9.28. The van der Waals surface area contributed by atoms with E-state index in [0.29, 0.717) is 17.6 Å². The van der Waals surface area contributed by atoms with Gasteiger partial charge in [-0.2, -0.15) is 0 Å². The Morgan fingerprint density at radius 1 is 1.26 bits per heavy atom. The number of hydrazine groups is 1. The van der Waals surface area contributed by atoms with Crippen molar-refractivity contribution >= 4 is 5.84 Å². The first kappa shape index (κ1) is 13.7. The molecule has 0 spiro atoms. The van der Waals surface area contributed by atoms with Gasteiger partial charge in [0.15, 0.2) is 0 Å². The third-order valence-electron chi connectivity index (χ3n) is 3.44. The summed E-state index contributed by atoms with van der Waals surface area (Å²) in [6.07, 6.45) is 4.74. The van der Waals surface area contributed by atoms with Gasteiger partial charge in [0.2, 0.25) is 0 Å². The van der Waals surface area contributed by atoms with Gasteiger partial charge in [-0.1, -0.05) is 12.8 Å². The maximum Gasteiger partial charge on any atom is 0.146 e. The Balaban J connectivity index is 2.31. The fourth-order valence-corrected chi connectivity index (χ4v) is 2.39. The maximum absolute atomic E-state index is 5.61. The summed E-state index contributed by atoms with van der Waals surface area (Å²) in [5, 5.41) is 0. The number of hydrogen-bond acceptors (Lipinski definition) is 4. The van der Waals surface area contributed by atoms with Crippen molar-refractivity contribution in [1.29, 1.82) is 0 Å². The van der Waals surface area contributed by atoms with Crippen LogP contribution in [0.3, 0.4) is 0 Å². The lowest BCUT2D eigenvalue weighted by molar-refractivity contribution is 0.393. The fourth-order valence-electron chi connectivity index (χ4n) is 2.39. The molecule has 0 radical (unpaired) electrons. The molecular formula is C14H21N3O2. The lowest BCUT2D eigenvalue weighted by atomic mass is 10.1. The molecule has 0 saturated heterocycles. The summed E-state index contributed by atoms with van der Waals surface area (Å²) in [6, 6.07) is 5.97. The molecule has 0 bridgehead atoms. The number of hydrogen-bond donors (Lipinski definition) is 2. The topological polar surface area (TPSA) is 68.9 Å². The van der Waals surface area contributed by atoms with Crippen molar-refractivity contribution in [2.45, 2.75) is 31.7 Å². The number of methoxy groups -OCH3 is 2. The van der Waals surface area contributed by atoms with Crippen LogP contribution in [0.1, 0.15) is 31.2 Å². The van der Waals surface area contributed by atoms with Crippen LogP contribution in [0.25, 0.3) is 0 Å². The highest BCUT2D eigenvalue weighted by atomic mass is 16.5. The van der Waals surface area contributed by atoms with E-state index in [1.807, 2.05) is 18.2 Å². The van der Waals surface area contributed by atoms with Crippen molar-refractivity contribution in [2.75, 3.05) is 14.2 Å². The molecule has 0 atom stereocenters. The molecule has 1 aliphatic carbocycles. The van der Waals surface area contributed by atoms with Crippen LogP contribution in [-0.2, 0) is 0 Å². The van der Waals surface area contributed by atoms with Gasteiger partial charge in [-0.3, -0.25) is 4.99 Å². The van der Waals surface area contributed by atoms with E-state index in [1.54, 1.807) is 14.2 Å². The zero-order valence-corrected chi connectivity index (χ0v) is 11.5. The molecule has 0 heterocycles. The van der Waals surface area contributed by atoms with Crippen LogP contribution >= 0.6 is 0 Å². The van der Waals surface area contributed by atoms with Crippen LogP contribution in [0.5, 0.6) is 11.5 Å². The van der Waals surface area contributed by atoms with Crippen molar-refractivity contribution in [1.82, 2.24) is 5.43 Å². The molecule has 104 valence electrons. The second kappa shape index (κ2) is 6.43. The predicted octanol–water partition coefficient (Wildman–Crippen LogP) is 1.86. The molecule has 1 aromatic carbocycles. The lowest BCUT2D eigenvalue weighted by Gasteiger charge is -2.14. The number of aliphatic imine (C=N–C) groups is 1. The zero-order valence-electron chi connectivity index (χ0n) is 11.5. The van der Waals surface area contributed by atoms with E-state index in [-0.39, 0.29) is 0 Å². The van der Waals surface area contributed by atoms with E-state index in [9.17, 15) is 0 Å². The van der Waals surface area contributed by atoms with Gasteiger partial charge in [0.1, 0.15) is 17.3 Å². The van der Waals surface area contributed by atoms with Crippen LogP contribution in [-0.4, -0.2) is 26.1 Å². The van der Waals surface area contributed by atoms with Gasteiger partial charge in [-0.25, -0.2) is 5.84 Å². The normalized spacial score (nSPS) is 16.5. The third kappa shape index (κ3) is 3.17. The summed E-state index contributed by atoms with van der Waals surface area (Å²) in [7, 11) is 3.26. The van der Waals surface area contributed by atoms with Crippen molar-refractivity contribution in [3.05, 3.63) is 23.8 Å². The summed E-state index contributed by atoms with van der Waals surface area (Å²) in [5.74, 6) is 7.73. The fraction of sp³-hybridized carbons (Fsp3) is 0.500. The van der Waals surface area contributed by atoms with Gasteiger partial charge in [0.05, 0.1) is 25.8 Å². The van der Waals surface area contributed by atoms with E-state index in [2.05, 4.69) is 10.4 Å². The quantitative estimate of drug-likeness (QED) is 0.376. The van der Waals surface area contributed by atoms with E-state index < -0.39 is 0 Å². The number of nitrogens with one attached hydrogen (secondary N) is 1. The minimum absolute atomic E-state index is 0.359. The van der Waals surface area contributed by atoms with Crippen LogP contribution < -0.4 is 20.7 Å². The summed E-state index contributed by atoms with van der Waals surface area (Å²) in [5.41, 5.74) is 3.55. The Labute approximate surface area is 113 Å². The summed E-state index contributed by atoms with van der Waals surface area (Å²) < 4.78 is 10.6. The van der Waals surface area contributed by atoms with Crippen LogP contribution in [0.2, 0.25) is 0 Å². The number of nitrogens with zero attached hydrogens (tertiary/aromatic N) is 1. The van der Waals surface area contributed by atoms with Crippen molar-refractivity contribution < 1.29 is 9.47 Å². The molecule has 1 fully saturated rings. The first-order valence-electron chi connectivity index (χ1n) is 6.55. The lowest BCUT2D eigenvalue weighted by Crippen LogP contribution is -2.32. The van der Waals surface area contributed by atoms with Gasteiger partial charge in [-0.05, 0) is 25.0 Å². The van der Waals surface area contributed by atoms with Crippen molar-refractivity contribution in [2.24, 2.45) is 10.8 Å². The largest absolute Gasteiger partial charge is 0.497 e. The molecule has 1 aliphatic rings. The highest BCUT2D eigenvalue weighted by Gasteiger charge is 2.17. The highest BCUT2D eigenvalue weighted by Crippen LogP contribution is 2.26. The molecule has 0 aromatic heterocycles. The highest BCUT2D eigenvalue weighted by molar-refractivity contribution is 6.01. The van der Waals surface area contributed by atoms with Gasteiger partial charge in [0.25, 0.3) is 0 Å². The number of amidine groups is 1. The molecule has 3 N–H and O–H groups in total. The smallest absolute Gasteiger partial charge is 0.146 e. The Morgan fingerprint density at radius 3 is 2.58 bits per heavy atom. The average Bonchev–Trinajstić information content (AvgIpc) is 2.97. The summed E-state index contributed by atoms with van der Waals surface area (Å²) >= 11 is 0. The Morgan fingerprint density at radius 2 is 2.00 bits per heavy atom. The molecule has 0 aliphatic heterocycles.